The van der Waals surface area contributed by atoms with Gasteiger partial charge < -0.3 is 19.9 Å². The molecule has 1 aromatic heterocycles. The fraction of sp³-hybridized carbons (Fsp3) is 0.769. The van der Waals surface area contributed by atoms with Gasteiger partial charge in [-0.05, 0) is 26.7 Å². The van der Waals surface area contributed by atoms with Crippen molar-refractivity contribution in [2.24, 2.45) is 4.99 Å². The van der Waals surface area contributed by atoms with E-state index in [4.69, 9.17) is 9.26 Å². The molecule has 1 rings (SSSR count). The average molecular weight is 411 g/mol. The van der Waals surface area contributed by atoms with Crippen molar-refractivity contribution in [1.82, 2.24) is 20.8 Å². The number of aryl methyl sites for hydroxylation is 2. The lowest BCUT2D eigenvalue weighted by Gasteiger charge is -2.10. The lowest BCUT2D eigenvalue weighted by molar-refractivity contribution is 0.195. The Morgan fingerprint density at radius 1 is 1.33 bits per heavy atom. The number of ether oxygens (including phenoxy) is 1. The highest BCUT2D eigenvalue weighted by Crippen LogP contribution is 1.99. The molecular weight excluding hydrogens is 385 g/mol. The molecule has 2 N–H and O–H groups in total. The number of methoxy groups -OCH3 is 1. The number of nitrogens with zero attached hydrogens (tertiary/aromatic N) is 3. The summed E-state index contributed by atoms with van der Waals surface area (Å²) in [5, 5.41) is 10.2. The summed E-state index contributed by atoms with van der Waals surface area (Å²) in [6, 6.07) is 0. The maximum Gasteiger partial charge on any atom is 0.226 e. The predicted molar refractivity (Wildman–Crippen MR) is 93.2 cm³/mol. The minimum Gasteiger partial charge on any atom is -0.385 e. The lowest BCUT2D eigenvalue weighted by Crippen LogP contribution is -2.38. The molecule has 8 heteroatoms. The third-order valence-electron chi connectivity index (χ3n) is 2.55. The minimum absolute atomic E-state index is 0. The summed E-state index contributed by atoms with van der Waals surface area (Å²) >= 11 is 0. The first kappa shape index (κ1) is 20.1. The first-order valence-electron chi connectivity index (χ1n) is 7.06. The van der Waals surface area contributed by atoms with E-state index in [-0.39, 0.29) is 24.0 Å². The number of aromatic nitrogens is 2. The fourth-order valence-electron chi connectivity index (χ4n) is 1.63. The van der Waals surface area contributed by atoms with Gasteiger partial charge in [-0.2, -0.15) is 4.98 Å². The van der Waals surface area contributed by atoms with Crippen LogP contribution in [0.4, 0.5) is 0 Å². The van der Waals surface area contributed by atoms with E-state index >= 15 is 0 Å². The van der Waals surface area contributed by atoms with Crippen LogP contribution < -0.4 is 10.6 Å². The second kappa shape index (κ2) is 12.8. The molecule has 0 atom stereocenters. The Kier molecular flexibility index (Phi) is 12.3. The Morgan fingerprint density at radius 3 is 2.76 bits per heavy atom. The van der Waals surface area contributed by atoms with Crippen LogP contribution in [-0.4, -0.2) is 49.5 Å². The second-order valence-electron chi connectivity index (χ2n) is 4.37. The van der Waals surface area contributed by atoms with Crippen molar-refractivity contribution in [3.63, 3.8) is 0 Å². The molecule has 1 heterocycles. The van der Waals surface area contributed by atoms with Gasteiger partial charge in [0.05, 0.1) is 0 Å². The molecule has 1 aromatic rings. The SMILES string of the molecule is CCNC(=NCCCc1nc(C)no1)NCCCOC.I. The number of halogens is 1. The molecular formula is C13H26IN5O2. The van der Waals surface area contributed by atoms with Gasteiger partial charge in [0.1, 0.15) is 0 Å². The minimum atomic E-state index is 0. The second-order valence-corrected chi connectivity index (χ2v) is 4.37. The molecule has 0 bridgehead atoms. The van der Waals surface area contributed by atoms with Crippen molar-refractivity contribution < 1.29 is 9.26 Å². The summed E-state index contributed by atoms with van der Waals surface area (Å²) in [5.74, 6) is 2.19. The summed E-state index contributed by atoms with van der Waals surface area (Å²) in [7, 11) is 1.71. The van der Waals surface area contributed by atoms with Crippen molar-refractivity contribution in [1.29, 1.82) is 0 Å². The summed E-state index contributed by atoms with van der Waals surface area (Å²) in [6.45, 7) is 7.04. The molecule has 0 aliphatic heterocycles. The van der Waals surface area contributed by atoms with Crippen LogP contribution in [0.15, 0.2) is 9.52 Å². The van der Waals surface area contributed by atoms with Crippen molar-refractivity contribution in [3.8, 4) is 0 Å². The van der Waals surface area contributed by atoms with Gasteiger partial charge in [-0.1, -0.05) is 5.16 Å². The van der Waals surface area contributed by atoms with E-state index in [1.54, 1.807) is 7.11 Å². The van der Waals surface area contributed by atoms with Crippen molar-refractivity contribution >= 4 is 29.9 Å². The standard InChI is InChI=1S/C13H25N5O2.HI/c1-4-14-13(16-9-6-10-19-3)15-8-5-7-12-17-11(2)18-20-12;/h4-10H2,1-3H3,(H2,14,15,16);1H. The van der Waals surface area contributed by atoms with Gasteiger partial charge in [0.25, 0.3) is 0 Å². The zero-order valence-electron chi connectivity index (χ0n) is 13.0. The number of hydrogen-bond donors (Lipinski definition) is 2. The van der Waals surface area contributed by atoms with Crippen LogP contribution in [0.5, 0.6) is 0 Å². The van der Waals surface area contributed by atoms with Gasteiger partial charge in [-0.3, -0.25) is 4.99 Å². The van der Waals surface area contributed by atoms with Crippen LogP contribution in [0.25, 0.3) is 0 Å². The maximum absolute atomic E-state index is 5.06. The van der Waals surface area contributed by atoms with E-state index in [0.29, 0.717) is 11.7 Å². The van der Waals surface area contributed by atoms with Gasteiger partial charge in [0.2, 0.25) is 5.89 Å². The number of hydrogen-bond acceptors (Lipinski definition) is 5. The van der Waals surface area contributed by atoms with E-state index in [9.17, 15) is 0 Å². The Morgan fingerprint density at radius 2 is 2.14 bits per heavy atom. The fourth-order valence-corrected chi connectivity index (χ4v) is 1.63. The number of guanidine groups is 1. The van der Waals surface area contributed by atoms with Gasteiger partial charge >= 0.3 is 0 Å². The van der Waals surface area contributed by atoms with Crippen LogP contribution in [-0.2, 0) is 11.2 Å². The number of nitrogens with one attached hydrogen (secondary N) is 2. The number of rotatable bonds is 9. The van der Waals surface area contributed by atoms with E-state index in [0.717, 1.165) is 51.5 Å². The topological polar surface area (TPSA) is 84.6 Å². The lowest BCUT2D eigenvalue weighted by atomic mass is 10.3. The van der Waals surface area contributed by atoms with Crippen molar-refractivity contribution in [2.75, 3.05) is 33.4 Å². The molecule has 0 fully saturated rings. The molecule has 0 saturated heterocycles. The van der Waals surface area contributed by atoms with E-state index < -0.39 is 0 Å². The molecule has 0 aliphatic rings. The molecule has 0 spiro atoms. The Bertz CT molecular complexity index is 398. The zero-order valence-corrected chi connectivity index (χ0v) is 15.3. The summed E-state index contributed by atoms with van der Waals surface area (Å²) in [4.78, 5) is 8.66. The quantitative estimate of drug-likeness (QED) is 0.278. The molecule has 7 nitrogen and oxygen atoms in total. The highest BCUT2D eigenvalue weighted by Gasteiger charge is 2.02. The Balaban J connectivity index is 0.00000400. The third kappa shape index (κ3) is 9.62. The monoisotopic (exact) mass is 411 g/mol. The molecule has 0 saturated carbocycles. The summed E-state index contributed by atoms with van der Waals surface area (Å²) in [6.07, 6.45) is 2.60. The maximum atomic E-state index is 5.06. The highest BCUT2D eigenvalue weighted by molar-refractivity contribution is 14.0. The van der Waals surface area contributed by atoms with Crippen molar-refractivity contribution in [2.45, 2.75) is 33.1 Å². The Labute approximate surface area is 143 Å². The largest absolute Gasteiger partial charge is 0.385 e. The Hall–Kier alpha value is -0.900. The molecule has 21 heavy (non-hydrogen) atoms. The van der Waals surface area contributed by atoms with Crippen LogP contribution >= 0.6 is 24.0 Å². The van der Waals surface area contributed by atoms with E-state index in [1.165, 1.54) is 0 Å². The van der Waals surface area contributed by atoms with Crippen molar-refractivity contribution in [3.05, 3.63) is 11.7 Å². The zero-order chi connectivity index (χ0) is 14.6. The van der Waals surface area contributed by atoms with Gasteiger partial charge in [-0.15, -0.1) is 24.0 Å². The van der Waals surface area contributed by atoms with Crippen LogP contribution in [0, 0.1) is 6.92 Å². The van der Waals surface area contributed by atoms with Gasteiger partial charge in [0, 0.05) is 39.8 Å². The average Bonchev–Trinajstić information content (AvgIpc) is 2.85. The van der Waals surface area contributed by atoms with Crippen LogP contribution in [0.3, 0.4) is 0 Å². The molecule has 122 valence electrons. The first-order chi connectivity index (χ1) is 9.76. The van der Waals surface area contributed by atoms with Gasteiger partial charge in [0.15, 0.2) is 11.8 Å². The van der Waals surface area contributed by atoms with E-state index in [1.807, 2.05) is 13.8 Å². The predicted octanol–water partition coefficient (Wildman–Crippen LogP) is 1.52. The third-order valence-corrected chi connectivity index (χ3v) is 2.55. The van der Waals surface area contributed by atoms with Crippen LogP contribution in [0.1, 0.15) is 31.5 Å². The smallest absolute Gasteiger partial charge is 0.226 e. The summed E-state index contributed by atoms with van der Waals surface area (Å²) < 4.78 is 10.1. The first-order valence-corrected chi connectivity index (χ1v) is 7.06. The normalized spacial score (nSPS) is 11.1. The molecule has 0 radical (unpaired) electrons. The molecule has 0 aromatic carbocycles. The molecule has 0 amide bonds. The molecule has 0 aliphatic carbocycles. The summed E-state index contributed by atoms with van der Waals surface area (Å²) in [5.41, 5.74) is 0. The van der Waals surface area contributed by atoms with Gasteiger partial charge in [-0.25, -0.2) is 0 Å². The molecule has 0 unspecified atom stereocenters. The highest BCUT2D eigenvalue weighted by atomic mass is 127. The van der Waals surface area contributed by atoms with Crippen LogP contribution in [0.2, 0.25) is 0 Å². The van der Waals surface area contributed by atoms with E-state index in [2.05, 4.69) is 25.8 Å². The number of aliphatic imine (C=N–C) groups is 1.